The van der Waals surface area contributed by atoms with Crippen molar-refractivity contribution in [2.75, 3.05) is 13.2 Å². The second-order valence-corrected chi connectivity index (χ2v) is 14.3. The molecule has 0 aromatic rings. The van der Waals surface area contributed by atoms with Crippen LogP contribution in [-0.2, 0) is 28.2 Å². The molecule has 9 heteroatoms. The molecule has 0 saturated heterocycles. The average molecular weight is 747 g/mol. The summed E-state index contributed by atoms with van der Waals surface area (Å²) in [7, 11) is -5.27. The van der Waals surface area contributed by atoms with Crippen molar-refractivity contribution in [3.05, 3.63) is 72.9 Å². The molecule has 0 unspecified atom stereocenters. The van der Waals surface area contributed by atoms with Crippen LogP contribution in [0.1, 0.15) is 168 Å². The maximum atomic E-state index is 12.3. The lowest BCUT2D eigenvalue weighted by atomic mass is 10.0. The summed E-state index contributed by atoms with van der Waals surface area (Å²) in [4.78, 5) is 46.5. The summed E-state index contributed by atoms with van der Waals surface area (Å²) in [5, 5.41) is 0. The van der Waals surface area contributed by atoms with E-state index in [0.29, 0.717) is 12.8 Å². The highest BCUT2D eigenvalue weighted by Crippen LogP contribution is 2.25. The van der Waals surface area contributed by atoms with Gasteiger partial charge in [0.2, 0.25) is 0 Å². The maximum absolute atomic E-state index is 12.3. The van der Waals surface area contributed by atoms with Crippen molar-refractivity contribution in [1.29, 1.82) is 0 Å². The Morgan fingerprint density at radius 1 is 0.519 bits per heavy atom. The number of esters is 2. The smallest absolute Gasteiger partial charge is 0.306 e. The Morgan fingerprint density at radius 3 is 1.35 bits per heavy atom. The molecule has 0 fully saturated rings. The van der Waals surface area contributed by atoms with Gasteiger partial charge in [0.25, 0.3) is 0 Å². The number of carbonyl (C=O) groups is 2. The molecule has 0 aliphatic rings. The molecular formula is C43H71O8P-2. The molecule has 0 saturated carbocycles. The number of phosphoric acid groups is 1. The van der Waals surface area contributed by atoms with E-state index in [4.69, 9.17) is 9.47 Å². The third-order valence-corrected chi connectivity index (χ3v) is 8.71. The topological polar surface area (TPSA) is 125 Å². The minimum absolute atomic E-state index is 0.0537. The standard InChI is InChI=1S/C43H73O8P/c1-3-5-7-9-11-13-15-17-19-20-21-22-24-26-28-30-32-34-36-38-43(45)51-41(40-50-52(46,47)48)39-49-42(44)37-35-33-31-29-27-25-23-18-16-14-12-10-8-6-4-2/h5,7,11,13,17,19,21-22,26,28,32,34,41H,3-4,6,8-10,12,14-16,18,20,23-25,27,29-31,33,35-40H2,1-2H3,(H2,46,47,48)/p-2/b7-5-,13-11-,19-17-,22-21-,28-26-,34-32-/t41-/m1/s1. The Morgan fingerprint density at radius 2 is 0.923 bits per heavy atom. The van der Waals surface area contributed by atoms with Crippen molar-refractivity contribution in [2.24, 2.45) is 0 Å². The van der Waals surface area contributed by atoms with Gasteiger partial charge in [-0.25, -0.2) is 0 Å². The molecule has 0 aromatic heterocycles. The van der Waals surface area contributed by atoms with Gasteiger partial charge in [-0.15, -0.1) is 0 Å². The number of allylic oxidation sites excluding steroid dienone is 12. The first-order valence-electron chi connectivity index (χ1n) is 20.2. The summed E-state index contributed by atoms with van der Waals surface area (Å²) in [6.07, 6.45) is 48.8. The van der Waals surface area contributed by atoms with Crippen LogP contribution in [0.15, 0.2) is 72.9 Å². The van der Waals surface area contributed by atoms with Gasteiger partial charge in [-0.1, -0.05) is 177 Å². The van der Waals surface area contributed by atoms with E-state index in [0.717, 1.165) is 57.8 Å². The van der Waals surface area contributed by atoms with E-state index in [1.165, 1.54) is 70.6 Å². The Bertz CT molecular complexity index is 1070. The first-order valence-corrected chi connectivity index (χ1v) is 21.7. The van der Waals surface area contributed by atoms with Gasteiger partial charge in [0.1, 0.15) is 6.61 Å². The SMILES string of the molecule is CC/C=C\C/C=C\C/C=C\C/C=C\C/C=C\C/C=C\CCC(=O)O[C@H](COC(=O)CCCCCCCCCCCCCCCCC)COP(=O)([O-])[O-]. The highest BCUT2D eigenvalue weighted by Gasteiger charge is 2.18. The number of carbonyl (C=O) groups excluding carboxylic acids is 2. The molecule has 0 bridgehead atoms. The van der Waals surface area contributed by atoms with Crippen LogP contribution in [0.25, 0.3) is 0 Å². The van der Waals surface area contributed by atoms with Crippen molar-refractivity contribution in [3.8, 4) is 0 Å². The lowest BCUT2D eigenvalue weighted by Gasteiger charge is -2.30. The fourth-order valence-corrected chi connectivity index (χ4v) is 5.62. The van der Waals surface area contributed by atoms with Gasteiger partial charge in [-0.3, -0.25) is 9.59 Å². The Labute approximate surface area is 317 Å². The fourth-order valence-electron chi connectivity index (χ4n) is 5.27. The van der Waals surface area contributed by atoms with Gasteiger partial charge < -0.3 is 28.3 Å². The highest BCUT2D eigenvalue weighted by molar-refractivity contribution is 7.43. The molecule has 0 amide bonds. The molecule has 298 valence electrons. The number of hydrogen-bond acceptors (Lipinski definition) is 8. The van der Waals surface area contributed by atoms with Gasteiger partial charge >= 0.3 is 11.9 Å². The molecule has 0 radical (unpaired) electrons. The van der Waals surface area contributed by atoms with E-state index in [1.54, 1.807) is 0 Å². The number of unbranched alkanes of at least 4 members (excludes halogenated alkanes) is 14. The maximum Gasteiger partial charge on any atom is 0.306 e. The van der Waals surface area contributed by atoms with Crippen LogP contribution in [0, 0.1) is 0 Å². The molecular weight excluding hydrogens is 675 g/mol. The van der Waals surface area contributed by atoms with Crippen LogP contribution >= 0.6 is 7.82 Å². The lowest BCUT2D eigenvalue weighted by molar-refractivity contribution is -0.343. The Kier molecular flexibility index (Phi) is 36.4. The van der Waals surface area contributed by atoms with Gasteiger partial charge in [0.05, 0.1) is 14.4 Å². The van der Waals surface area contributed by atoms with E-state index in [1.807, 2.05) is 12.2 Å². The normalized spacial score (nSPS) is 13.2. The predicted octanol–water partition coefficient (Wildman–Crippen LogP) is 11.0. The van der Waals surface area contributed by atoms with Crippen molar-refractivity contribution >= 4 is 19.8 Å². The molecule has 0 heterocycles. The van der Waals surface area contributed by atoms with Crippen LogP contribution in [-0.4, -0.2) is 31.3 Å². The minimum atomic E-state index is -5.27. The number of hydrogen-bond donors (Lipinski definition) is 0. The van der Waals surface area contributed by atoms with E-state index in [9.17, 15) is 23.9 Å². The molecule has 0 aliphatic heterocycles. The van der Waals surface area contributed by atoms with E-state index in [-0.39, 0.29) is 19.4 Å². The van der Waals surface area contributed by atoms with E-state index in [2.05, 4.69) is 79.1 Å². The van der Waals surface area contributed by atoms with Gasteiger partial charge in [0, 0.05) is 12.8 Å². The van der Waals surface area contributed by atoms with Gasteiger partial charge in [0.15, 0.2) is 6.10 Å². The molecule has 0 rings (SSSR count). The van der Waals surface area contributed by atoms with Crippen LogP contribution in [0.2, 0.25) is 0 Å². The lowest BCUT2D eigenvalue weighted by Crippen LogP contribution is -2.31. The number of phosphoric ester groups is 1. The quantitative estimate of drug-likeness (QED) is 0.0268. The monoisotopic (exact) mass is 746 g/mol. The third-order valence-electron chi connectivity index (χ3n) is 8.24. The summed E-state index contributed by atoms with van der Waals surface area (Å²) < 4.78 is 25.7. The number of rotatable bonds is 36. The summed E-state index contributed by atoms with van der Waals surface area (Å²) in [5.41, 5.74) is 0. The average Bonchev–Trinajstić information content (AvgIpc) is 3.11. The van der Waals surface area contributed by atoms with Crippen molar-refractivity contribution in [3.63, 3.8) is 0 Å². The zero-order valence-corrected chi connectivity index (χ0v) is 33.5. The van der Waals surface area contributed by atoms with Crippen molar-refractivity contribution in [2.45, 2.75) is 174 Å². The summed E-state index contributed by atoms with van der Waals surface area (Å²) in [6.45, 7) is 3.32. The first-order chi connectivity index (χ1) is 25.3. The predicted molar refractivity (Wildman–Crippen MR) is 211 cm³/mol. The molecule has 0 spiro atoms. The van der Waals surface area contributed by atoms with E-state index < -0.39 is 32.5 Å². The van der Waals surface area contributed by atoms with Gasteiger partial charge in [-0.05, 0) is 51.4 Å². The molecule has 0 N–H and O–H groups in total. The molecule has 1 atom stereocenters. The second-order valence-electron chi connectivity index (χ2n) is 13.2. The zero-order chi connectivity index (χ0) is 38.2. The number of ether oxygens (including phenoxy) is 2. The largest absolute Gasteiger partial charge is 0.790 e. The van der Waals surface area contributed by atoms with Crippen LogP contribution in [0.4, 0.5) is 0 Å². The van der Waals surface area contributed by atoms with Crippen molar-refractivity contribution in [1.82, 2.24) is 0 Å². The van der Waals surface area contributed by atoms with E-state index >= 15 is 0 Å². The van der Waals surface area contributed by atoms with Gasteiger partial charge in [-0.2, -0.15) is 0 Å². The second kappa shape index (κ2) is 38.2. The zero-order valence-electron chi connectivity index (χ0n) is 32.6. The summed E-state index contributed by atoms with van der Waals surface area (Å²) in [6, 6.07) is 0. The van der Waals surface area contributed by atoms with Crippen LogP contribution in [0.3, 0.4) is 0 Å². The minimum Gasteiger partial charge on any atom is -0.790 e. The fraction of sp³-hybridized carbons (Fsp3) is 0.674. The Hall–Kier alpha value is -2.51. The summed E-state index contributed by atoms with van der Waals surface area (Å²) >= 11 is 0. The molecule has 0 aliphatic carbocycles. The highest BCUT2D eigenvalue weighted by atomic mass is 31.2. The third kappa shape index (κ3) is 40.3. The van der Waals surface area contributed by atoms with Crippen LogP contribution < -0.4 is 9.79 Å². The molecule has 0 aromatic carbocycles. The Balaban J connectivity index is 4.08. The van der Waals surface area contributed by atoms with Crippen LogP contribution in [0.5, 0.6) is 0 Å². The molecule has 52 heavy (non-hydrogen) atoms. The van der Waals surface area contributed by atoms with Crippen molar-refractivity contribution < 1.29 is 37.9 Å². The molecule has 8 nitrogen and oxygen atoms in total. The summed E-state index contributed by atoms with van der Waals surface area (Å²) in [5.74, 6) is -1.06. The first kappa shape index (κ1) is 49.5.